The van der Waals surface area contributed by atoms with Gasteiger partial charge in [0.05, 0.1) is 21.8 Å². The molecular weight excluding hydrogens is 463 g/mol. The number of aryl methyl sites for hydroxylation is 1. The van der Waals surface area contributed by atoms with Gasteiger partial charge in [0.15, 0.2) is 5.82 Å². The number of nitrogens with zero attached hydrogens (tertiary/aromatic N) is 3. The van der Waals surface area contributed by atoms with Crippen LogP contribution < -0.4 is 0 Å². The van der Waals surface area contributed by atoms with Crippen molar-refractivity contribution < 1.29 is 26.1 Å². The summed E-state index contributed by atoms with van der Waals surface area (Å²) in [6, 6.07) is 12.7. The summed E-state index contributed by atoms with van der Waals surface area (Å²) < 4.78 is 70.1. The maximum absolute atomic E-state index is 12.8. The van der Waals surface area contributed by atoms with Gasteiger partial charge in [-0.05, 0) is 60.5 Å². The Bertz CT molecular complexity index is 1400. The lowest BCUT2D eigenvalue weighted by Crippen LogP contribution is -2.04. The lowest BCUT2D eigenvalue weighted by molar-refractivity contribution is -0.137. The molecule has 4 aromatic rings. The molecule has 0 radical (unpaired) electrons. The van der Waals surface area contributed by atoms with Gasteiger partial charge in [-0.3, -0.25) is 9.54 Å². The van der Waals surface area contributed by atoms with E-state index in [1.165, 1.54) is 30.5 Å². The van der Waals surface area contributed by atoms with E-state index in [0.29, 0.717) is 33.1 Å². The van der Waals surface area contributed by atoms with Crippen molar-refractivity contribution in [2.75, 3.05) is 0 Å². The van der Waals surface area contributed by atoms with Crippen molar-refractivity contribution in [2.45, 2.75) is 17.3 Å². The summed E-state index contributed by atoms with van der Waals surface area (Å²) >= 11 is 0.828. The Morgan fingerprint density at radius 1 is 0.906 bits per heavy atom. The molecule has 0 saturated heterocycles. The van der Waals surface area contributed by atoms with Crippen LogP contribution in [0.5, 0.6) is 0 Å². The number of rotatable bonds is 4. The van der Waals surface area contributed by atoms with E-state index in [-0.39, 0.29) is 10.0 Å². The Kier molecular flexibility index (Phi) is 5.57. The Balaban J connectivity index is 1.71. The van der Waals surface area contributed by atoms with Gasteiger partial charge < -0.3 is 0 Å². The summed E-state index contributed by atoms with van der Waals surface area (Å²) in [6.45, 7) is 1.76. The SMILES string of the molecule is Cc1cc(-c2ccc(C(F)(F)F)cc2)cc(-c2ccnc(-c3ccc(S(=O)(=O)O)s3)n2)n1. The molecule has 32 heavy (non-hydrogen) atoms. The third kappa shape index (κ3) is 4.69. The van der Waals surface area contributed by atoms with Crippen LogP contribution >= 0.6 is 11.3 Å². The van der Waals surface area contributed by atoms with Crippen molar-refractivity contribution in [3.63, 3.8) is 0 Å². The largest absolute Gasteiger partial charge is 0.416 e. The fourth-order valence-electron chi connectivity index (χ4n) is 3.02. The van der Waals surface area contributed by atoms with E-state index in [9.17, 15) is 26.1 Å². The third-order valence-corrected chi connectivity index (χ3v) is 6.88. The molecule has 0 amide bonds. The van der Waals surface area contributed by atoms with Gasteiger partial charge in [0.25, 0.3) is 0 Å². The van der Waals surface area contributed by atoms with E-state index in [4.69, 9.17) is 0 Å². The van der Waals surface area contributed by atoms with Crippen LogP contribution in [-0.4, -0.2) is 27.9 Å². The Morgan fingerprint density at radius 3 is 2.25 bits per heavy atom. The molecule has 4 rings (SSSR count). The van der Waals surface area contributed by atoms with E-state index >= 15 is 0 Å². The van der Waals surface area contributed by atoms with Crippen molar-refractivity contribution in [3.05, 3.63) is 72.1 Å². The lowest BCUT2D eigenvalue weighted by Gasteiger charge is -2.10. The highest BCUT2D eigenvalue weighted by Crippen LogP contribution is 2.33. The average molecular weight is 477 g/mol. The molecule has 0 aliphatic heterocycles. The molecule has 1 aromatic carbocycles. The van der Waals surface area contributed by atoms with Crippen molar-refractivity contribution in [1.82, 2.24) is 15.0 Å². The molecule has 3 aromatic heterocycles. The number of halogens is 3. The van der Waals surface area contributed by atoms with Gasteiger partial charge in [-0.2, -0.15) is 21.6 Å². The van der Waals surface area contributed by atoms with E-state index in [1.54, 1.807) is 25.1 Å². The van der Waals surface area contributed by atoms with E-state index < -0.39 is 21.9 Å². The van der Waals surface area contributed by atoms with Crippen LogP contribution in [0.2, 0.25) is 0 Å². The zero-order chi connectivity index (χ0) is 23.1. The number of hydrogen-bond acceptors (Lipinski definition) is 6. The molecule has 0 bridgehead atoms. The second kappa shape index (κ2) is 8.08. The first kappa shape index (κ1) is 22.1. The predicted octanol–water partition coefficient (Wildman–Crippen LogP) is 5.51. The fourth-order valence-corrected chi connectivity index (χ4v) is 4.63. The van der Waals surface area contributed by atoms with Crippen LogP contribution in [0.25, 0.3) is 33.2 Å². The highest BCUT2D eigenvalue weighted by molar-refractivity contribution is 7.88. The van der Waals surface area contributed by atoms with Gasteiger partial charge in [0.2, 0.25) is 0 Å². The average Bonchev–Trinajstić information content (AvgIpc) is 3.24. The molecule has 11 heteroatoms. The Morgan fingerprint density at radius 2 is 1.62 bits per heavy atom. The standard InChI is InChI=1S/C21H14F3N3O3S2/c1-12-10-14(13-2-4-15(5-3-13)21(22,23)24)11-17(26-12)16-8-9-25-20(27-16)18-6-7-19(31-18)32(28,29)30/h2-11H,1H3,(H,28,29,30). The van der Waals surface area contributed by atoms with Crippen molar-refractivity contribution in [2.24, 2.45) is 0 Å². The van der Waals surface area contributed by atoms with Gasteiger partial charge in [0, 0.05) is 11.9 Å². The van der Waals surface area contributed by atoms with Crippen molar-refractivity contribution in [1.29, 1.82) is 0 Å². The molecule has 3 heterocycles. The number of hydrogen-bond donors (Lipinski definition) is 1. The van der Waals surface area contributed by atoms with E-state index in [2.05, 4.69) is 15.0 Å². The number of alkyl halides is 3. The quantitative estimate of drug-likeness (QED) is 0.390. The summed E-state index contributed by atoms with van der Waals surface area (Å²) in [4.78, 5) is 13.5. The normalized spacial score (nSPS) is 12.2. The fraction of sp³-hybridized carbons (Fsp3) is 0.0952. The summed E-state index contributed by atoms with van der Waals surface area (Å²) in [6.07, 6.45) is -2.92. The molecule has 0 atom stereocenters. The van der Waals surface area contributed by atoms with Crippen LogP contribution in [0.15, 0.2) is 65.0 Å². The Hall–Kier alpha value is -3.15. The summed E-state index contributed by atoms with van der Waals surface area (Å²) in [5.74, 6) is 0.252. The summed E-state index contributed by atoms with van der Waals surface area (Å²) in [5.41, 5.74) is 2.11. The smallest absolute Gasteiger partial charge is 0.281 e. The van der Waals surface area contributed by atoms with Crippen LogP contribution in [0.1, 0.15) is 11.3 Å². The monoisotopic (exact) mass is 477 g/mol. The second-order valence-corrected chi connectivity index (χ2v) is 9.55. The van der Waals surface area contributed by atoms with Gasteiger partial charge in [-0.1, -0.05) is 12.1 Å². The second-order valence-electron chi connectivity index (χ2n) is 6.82. The highest BCUT2D eigenvalue weighted by Gasteiger charge is 2.30. The van der Waals surface area contributed by atoms with Crippen LogP contribution in [0.4, 0.5) is 13.2 Å². The topological polar surface area (TPSA) is 93.0 Å². The molecule has 0 aliphatic carbocycles. The van der Waals surface area contributed by atoms with Gasteiger partial charge in [-0.25, -0.2) is 9.97 Å². The van der Waals surface area contributed by atoms with E-state index in [1.807, 2.05) is 0 Å². The summed E-state index contributed by atoms with van der Waals surface area (Å²) in [7, 11) is -4.33. The lowest BCUT2D eigenvalue weighted by atomic mass is 10.0. The number of aromatic nitrogens is 3. The Labute approximate surface area is 185 Å². The molecule has 6 nitrogen and oxygen atoms in total. The van der Waals surface area contributed by atoms with Crippen molar-refractivity contribution in [3.8, 4) is 33.2 Å². The first-order chi connectivity index (χ1) is 15.0. The molecular formula is C21H14F3N3O3S2. The number of pyridine rings is 1. The van der Waals surface area contributed by atoms with Gasteiger partial charge >= 0.3 is 16.3 Å². The van der Waals surface area contributed by atoms with Crippen molar-refractivity contribution >= 4 is 21.5 Å². The van der Waals surface area contributed by atoms with Gasteiger partial charge in [0.1, 0.15) is 4.21 Å². The molecule has 0 aliphatic rings. The van der Waals surface area contributed by atoms with E-state index in [0.717, 1.165) is 23.5 Å². The molecule has 0 unspecified atom stereocenters. The first-order valence-electron chi connectivity index (χ1n) is 9.08. The zero-order valence-electron chi connectivity index (χ0n) is 16.3. The maximum Gasteiger partial charge on any atom is 0.416 e. The summed E-state index contributed by atoms with van der Waals surface area (Å²) in [5, 5.41) is 0. The molecule has 0 saturated carbocycles. The number of benzene rings is 1. The minimum Gasteiger partial charge on any atom is -0.281 e. The highest BCUT2D eigenvalue weighted by atomic mass is 32.3. The predicted molar refractivity (Wildman–Crippen MR) is 114 cm³/mol. The molecule has 1 N–H and O–H groups in total. The molecule has 0 spiro atoms. The number of thiophene rings is 1. The minimum absolute atomic E-state index is 0.222. The van der Waals surface area contributed by atoms with Gasteiger partial charge in [-0.15, -0.1) is 11.3 Å². The zero-order valence-corrected chi connectivity index (χ0v) is 18.0. The van der Waals surface area contributed by atoms with Crippen LogP contribution in [0.3, 0.4) is 0 Å². The first-order valence-corrected chi connectivity index (χ1v) is 11.3. The molecule has 0 fully saturated rings. The van der Waals surface area contributed by atoms with Crippen LogP contribution in [-0.2, 0) is 16.3 Å². The molecule has 164 valence electrons. The maximum atomic E-state index is 12.8. The van der Waals surface area contributed by atoms with Crippen LogP contribution in [0, 0.1) is 6.92 Å². The third-order valence-electron chi connectivity index (χ3n) is 4.47. The minimum atomic E-state index is -4.41.